The van der Waals surface area contributed by atoms with E-state index in [-0.39, 0.29) is 0 Å². The van der Waals surface area contributed by atoms with Gasteiger partial charge in [-0.1, -0.05) is 11.6 Å². The van der Waals surface area contributed by atoms with E-state index in [1.54, 1.807) is 7.11 Å². The van der Waals surface area contributed by atoms with Crippen LogP contribution in [0.4, 0.5) is 5.69 Å². The van der Waals surface area contributed by atoms with Crippen LogP contribution in [0, 0.1) is 5.92 Å². The SMILES string of the molecule is COc1ccc(Cl)cc1N1CCC(CCN)CC1. The smallest absolute Gasteiger partial charge is 0.142 e. The molecule has 2 N–H and O–H groups in total. The van der Waals surface area contributed by atoms with Gasteiger partial charge >= 0.3 is 0 Å². The predicted molar refractivity (Wildman–Crippen MR) is 76.6 cm³/mol. The molecule has 1 heterocycles. The maximum Gasteiger partial charge on any atom is 0.142 e. The number of piperidine rings is 1. The van der Waals surface area contributed by atoms with E-state index in [9.17, 15) is 0 Å². The first-order valence-corrected chi connectivity index (χ1v) is 6.91. The first-order chi connectivity index (χ1) is 8.74. The number of nitrogens with zero attached hydrogens (tertiary/aromatic N) is 1. The van der Waals surface area contributed by atoms with E-state index in [0.29, 0.717) is 0 Å². The summed E-state index contributed by atoms with van der Waals surface area (Å²) >= 11 is 6.07. The number of halogens is 1. The molecule has 0 atom stereocenters. The zero-order chi connectivity index (χ0) is 13.0. The van der Waals surface area contributed by atoms with Gasteiger partial charge in [-0.05, 0) is 49.9 Å². The second-order valence-electron chi connectivity index (χ2n) is 4.82. The predicted octanol–water partition coefficient (Wildman–Crippen LogP) is 2.91. The van der Waals surface area contributed by atoms with E-state index in [1.807, 2.05) is 18.2 Å². The fourth-order valence-corrected chi connectivity index (χ4v) is 2.77. The second-order valence-corrected chi connectivity index (χ2v) is 5.26. The topological polar surface area (TPSA) is 38.5 Å². The Morgan fingerprint density at radius 3 is 2.72 bits per heavy atom. The average Bonchev–Trinajstić information content (AvgIpc) is 2.40. The third-order valence-electron chi connectivity index (χ3n) is 3.67. The number of hydrogen-bond donors (Lipinski definition) is 1. The zero-order valence-electron chi connectivity index (χ0n) is 10.9. The van der Waals surface area contributed by atoms with Crippen molar-refractivity contribution in [2.24, 2.45) is 11.7 Å². The summed E-state index contributed by atoms with van der Waals surface area (Å²) in [6.45, 7) is 2.91. The molecule has 100 valence electrons. The Morgan fingerprint density at radius 2 is 2.11 bits per heavy atom. The van der Waals surface area contributed by atoms with Crippen LogP contribution in [-0.4, -0.2) is 26.7 Å². The quantitative estimate of drug-likeness (QED) is 0.913. The summed E-state index contributed by atoms with van der Waals surface area (Å²) in [5, 5.41) is 0.759. The first-order valence-electron chi connectivity index (χ1n) is 6.53. The van der Waals surface area contributed by atoms with E-state index < -0.39 is 0 Å². The molecule has 18 heavy (non-hydrogen) atoms. The number of anilines is 1. The third kappa shape index (κ3) is 3.09. The Labute approximate surface area is 114 Å². The number of hydrogen-bond acceptors (Lipinski definition) is 3. The third-order valence-corrected chi connectivity index (χ3v) is 3.91. The minimum atomic E-state index is 0.759. The monoisotopic (exact) mass is 268 g/mol. The van der Waals surface area contributed by atoms with Gasteiger partial charge < -0.3 is 15.4 Å². The van der Waals surface area contributed by atoms with Gasteiger partial charge in [0, 0.05) is 18.1 Å². The summed E-state index contributed by atoms with van der Waals surface area (Å²) in [5.41, 5.74) is 6.73. The fraction of sp³-hybridized carbons (Fsp3) is 0.571. The minimum Gasteiger partial charge on any atom is -0.495 e. The highest BCUT2D eigenvalue weighted by Crippen LogP contribution is 2.34. The van der Waals surface area contributed by atoms with Crippen LogP contribution in [0.5, 0.6) is 5.75 Å². The molecular weight excluding hydrogens is 248 g/mol. The molecule has 1 fully saturated rings. The highest BCUT2D eigenvalue weighted by Gasteiger charge is 2.21. The van der Waals surface area contributed by atoms with E-state index >= 15 is 0 Å². The molecule has 0 spiro atoms. The van der Waals surface area contributed by atoms with Crippen LogP contribution < -0.4 is 15.4 Å². The molecule has 0 amide bonds. The standard InChI is InChI=1S/C14H21ClN2O/c1-18-14-3-2-12(15)10-13(14)17-8-5-11(4-7-16)6-9-17/h2-3,10-11H,4-9,16H2,1H3. The van der Waals surface area contributed by atoms with Gasteiger partial charge in [0.25, 0.3) is 0 Å². The molecule has 3 nitrogen and oxygen atoms in total. The highest BCUT2D eigenvalue weighted by molar-refractivity contribution is 6.30. The van der Waals surface area contributed by atoms with Crippen LogP contribution in [0.25, 0.3) is 0 Å². The molecule has 0 aromatic heterocycles. The summed E-state index contributed by atoms with van der Waals surface area (Å²) in [6.07, 6.45) is 3.54. The van der Waals surface area contributed by atoms with Gasteiger partial charge in [0.05, 0.1) is 12.8 Å². The normalized spacial score (nSPS) is 16.9. The van der Waals surface area contributed by atoms with E-state index in [4.69, 9.17) is 22.1 Å². The molecule has 0 saturated carbocycles. The van der Waals surface area contributed by atoms with Crippen LogP contribution in [0.15, 0.2) is 18.2 Å². The maximum absolute atomic E-state index is 6.07. The Hall–Kier alpha value is -0.930. The van der Waals surface area contributed by atoms with Gasteiger partial charge in [0.15, 0.2) is 0 Å². The van der Waals surface area contributed by atoms with Crippen LogP contribution in [0.3, 0.4) is 0 Å². The Kier molecular flexibility index (Phi) is 4.72. The first kappa shape index (κ1) is 13.5. The summed E-state index contributed by atoms with van der Waals surface area (Å²) in [4.78, 5) is 2.36. The molecule has 1 aliphatic heterocycles. The number of nitrogens with two attached hydrogens (primary N) is 1. The van der Waals surface area contributed by atoms with Crippen LogP contribution in [0.2, 0.25) is 5.02 Å². The minimum absolute atomic E-state index is 0.759. The number of rotatable bonds is 4. The summed E-state index contributed by atoms with van der Waals surface area (Å²) in [5.74, 6) is 1.67. The van der Waals surface area contributed by atoms with Gasteiger partial charge in [0.2, 0.25) is 0 Å². The van der Waals surface area contributed by atoms with Crippen molar-refractivity contribution < 1.29 is 4.74 Å². The lowest BCUT2D eigenvalue weighted by Gasteiger charge is -2.34. The molecule has 1 aromatic rings. The molecule has 1 aliphatic rings. The lowest BCUT2D eigenvalue weighted by molar-refractivity contribution is 0.378. The van der Waals surface area contributed by atoms with Crippen molar-refractivity contribution in [3.63, 3.8) is 0 Å². The van der Waals surface area contributed by atoms with Crippen molar-refractivity contribution >= 4 is 17.3 Å². The van der Waals surface area contributed by atoms with E-state index in [2.05, 4.69) is 4.90 Å². The number of methoxy groups -OCH3 is 1. The summed E-state index contributed by atoms with van der Waals surface area (Å²) < 4.78 is 5.41. The average molecular weight is 269 g/mol. The largest absolute Gasteiger partial charge is 0.495 e. The van der Waals surface area contributed by atoms with Crippen LogP contribution >= 0.6 is 11.6 Å². The zero-order valence-corrected chi connectivity index (χ0v) is 11.6. The van der Waals surface area contributed by atoms with Crippen molar-refractivity contribution in [2.45, 2.75) is 19.3 Å². The van der Waals surface area contributed by atoms with Crippen molar-refractivity contribution in [3.8, 4) is 5.75 Å². The summed E-state index contributed by atoms with van der Waals surface area (Å²) in [7, 11) is 1.70. The number of benzene rings is 1. The Bertz CT molecular complexity index is 389. The molecule has 1 aromatic carbocycles. The number of ether oxygens (including phenoxy) is 1. The van der Waals surface area contributed by atoms with Gasteiger partial charge in [-0.25, -0.2) is 0 Å². The molecule has 0 aliphatic carbocycles. The van der Waals surface area contributed by atoms with Crippen molar-refractivity contribution in [1.29, 1.82) is 0 Å². The highest BCUT2D eigenvalue weighted by atomic mass is 35.5. The molecule has 4 heteroatoms. The van der Waals surface area contributed by atoms with Gasteiger partial charge in [0.1, 0.15) is 5.75 Å². The van der Waals surface area contributed by atoms with Crippen LogP contribution in [-0.2, 0) is 0 Å². The molecular formula is C14H21ClN2O. The molecule has 1 saturated heterocycles. The molecule has 0 radical (unpaired) electrons. The van der Waals surface area contributed by atoms with E-state index in [1.165, 1.54) is 12.8 Å². The molecule has 0 unspecified atom stereocenters. The van der Waals surface area contributed by atoms with Gasteiger partial charge in [-0.2, -0.15) is 0 Å². The van der Waals surface area contributed by atoms with Gasteiger partial charge in [-0.15, -0.1) is 0 Å². The van der Waals surface area contributed by atoms with Crippen molar-refractivity contribution in [1.82, 2.24) is 0 Å². The Balaban J connectivity index is 2.06. The fourth-order valence-electron chi connectivity index (χ4n) is 2.61. The Morgan fingerprint density at radius 1 is 1.39 bits per heavy atom. The maximum atomic E-state index is 6.07. The van der Waals surface area contributed by atoms with Crippen molar-refractivity contribution in [3.05, 3.63) is 23.2 Å². The lowest BCUT2D eigenvalue weighted by atomic mass is 9.93. The van der Waals surface area contributed by atoms with E-state index in [0.717, 1.165) is 48.4 Å². The molecule has 2 rings (SSSR count). The summed E-state index contributed by atoms with van der Waals surface area (Å²) in [6, 6.07) is 5.79. The van der Waals surface area contributed by atoms with Gasteiger partial charge in [-0.3, -0.25) is 0 Å². The lowest BCUT2D eigenvalue weighted by Crippen LogP contribution is -2.34. The van der Waals surface area contributed by atoms with Crippen LogP contribution in [0.1, 0.15) is 19.3 Å². The second kappa shape index (κ2) is 6.30. The van der Waals surface area contributed by atoms with Crippen molar-refractivity contribution in [2.75, 3.05) is 31.6 Å². The molecule has 0 bridgehead atoms.